The van der Waals surface area contributed by atoms with Gasteiger partial charge < -0.3 is 4.90 Å². The third-order valence-corrected chi connectivity index (χ3v) is 4.68. The van der Waals surface area contributed by atoms with Crippen LogP contribution >= 0.6 is 11.6 Å². The number of halogens is 2. The second kappa shape index (κ2) is 7.83. The van der Waals surface area contributed by atoms with Crippen molar-refractivity contribution in [1.29, 1.82) is 0 Å². The van der Waals surface area contributed by atoms with Crippen LogP contribution in [-0.2, 0) is 4.79 Å². The van der Waals surface area contributed by atoms with Crippen LogP contribution < -0.4 is 5.56 Å². The quantitative estimate of drug-likeness (QED) is 0.608. The number of ketones is 1. The molecule has 0 bridgehead atoms. The summed E-state index contributed by atoms with van der Waals surface area (Å²) in [5, 5.41) is 0.243. The number of amides is 1. The van der Waals surface area contributed by atoms with Gasteiger partial charge in [0.15, 0.2) is 11.8 Å². The van der Waals surface area contributed by atoms with Gasteiger partial charge in [-0.1, -0.05) is 11.6 Å². The first-order valence-corrected chi connectivity index (χ1v) is 8.81. The van der Waals surface area contributed by atoms with Gasteiger partial charge in [-0.05, 0) is 49.6 Å². The fourth-order valence-corrected chi connectivity index (χ4v) is 3.26. The Hall–Kier alpha value is -2.47. The highest BCUT2D eigenvalue weighted by Crippen LogP contribution is 2.21. The van der Waals surface area contributed by atoms with E-state index in [1.165, 1.54) is 30.5 Å². The van der Waals surface area contributed by atoms with Gasteiger partial charge in [0.2, 0.25) is 0 Å². The molecule has 2 aromatic rings. The number of hydrogen-bond acceptors (Lipinski definition) is 3. The van der Waals surface area contributed by atoms with Crippen molar-refractivity contribution in [3.8, 4) is 0 Å². The molecular weight excluding hydrogens is 359 g/mol. The first-order valence-electron chi connectivity index (χ1n) is 8.43. The summed E-state index contributed by atoms with van der Waals surface area (Å²) in [4.78, 5) is 40.0. The van der Waals surface area contributed by atoms with Crippen molar-refractivity contribution in [3.05, 3.63) is 69.4 Å². The summed E-state index contributed by atoms with van der Waals surface area (Å²) in [5.41, 5.74) is -0.339. The average Bonchev–Trinajstić information content (AvgIpc) is 2.66. The molecule has 1 aliphatic heterocycles. The van der Waals surface area contributed by atoms with E-state index in [0.29, 0.717) is 13.1 Å². The maximum absolute atomic E-state index is 13.2. The van der Waals surface area contributed by atoms with Crippen molar-refractivity contribution in [2.75, 3.05) is 13.1 Å². The minimum absolute atomic E-state index is 0.161. The van der Waals surface area contributed by atoms with E-state index in [4.69, 9.17) is 11.6 Å². The third kappa shape index (κ3) is 3.85. The van der Waals surface area contributed by atoms with E-state index in [1.807, 2.05) is 0 Å². The number of nitrogens with zero attached hydrogens (tertiary/aromatic N) is 2. The van der Waals surface area contributed by atoms with Gasteiger partial charge >= 0.3 is 0 Å². The standard InChI is InChI=1S/C19H18ClFN2O3/c20-14-6-9-16(24)23(12-14)17(19(26)22-10-2-1-3-11-22)18(25)13-4-7-15(21)8-5-13/h4-9,12,17H,1-3,10-11H2/t17-/m1/s1. The number of aromatic nitrogens is 1. The molecule has 0 radical (unpaired) electrons. The monoisotopic (exact) mass is 376 g/mol. The van der Waals surface area contributed by atoms with Gasteiger partial charge in [0.25, 0.3) is 11.5 Å². The molecule has 0 aliphatic carbocycles. The predicted octanol–water partition coefficient (Wildman–Crippen LogP) is 3.08. The van der Waals surface area contributed by atoms with Crippen LogP contribution in [0, 0.1) is 5.82 Å². The molecule has 0 spiro atoms. The molecular formula is C19H18ClFN2O3. The molecule has 0 saturated carbocycles. The molecule has 1 saturated heterocycles. The number of pyridine rings is 1. The topological polar surface area (TPSA) is 59.4 Å². The highest BCUT2D eigenvalue weighted by molar-refractivity contribution is 6.30. The van der Waals surface area contributed by atoms with E-state index in [2.05, 4.69) is 0 Å². The van der Waals surface area contributed by atoms with Crippen LogP contribution in [0.4, 0.5) is 4.39 Å². The van der Waals surface area contributed by atoms with Crippen molar-refractivity contribution in [1.82, 2.24) is 9.47 Å². The van der Waals surface area contributed by atoms with E-state index in [1.54, 1.807) is 4.90 Å². The van der Waals surface area contributed by atoms with Gasteiger partial charge in [-0.3, -0.25) is 19.0 Å². The lowest BCUT2D eigenvalue weighted by Crippen LogP contribution is -2.45. The molecule has 136 valence electrons. The largest absolute Gasteiger partial charge is 0.340 e. The minimum Gasteiger partial charge on any atom is -0.340 e. The second-order valence-electron chi connectivity index (χ2n) is 6.25. The molecule has 0 unspecified atom stereocenters. The van der Waals surface area contributed by atoms with Crippen LogP contribution in [-0.4, -0.2) is 34.2 Å². The summed E-state index contributed by atoms with van der Waals surface area (Å²) in [6.07, 6.45) is 4.02. The van der Waals surface area contributed by atoms with Crippen molar-refractivity contribution < 1.29 is 14.0 Å². The number of rotatable bonds is 4. The lowest BCUT2D eigenvalue weighted by Gasteiger charge is -2.30. The first-order chi connectivity index (χ1) is 12.5. The van der Waals surface area contributed by atoms with Gasteiger partial charge in [-0.2, -0.15) is 0 Å². The van der Waals surface area contributed by atoms with Gasteiger partial charge in [0, 0.05) is 30.9 Å². The normalized spacial score (nSPS) is 15.5. The minimum atomic E-state index is -1.36. The number of likely N-dealkylation sites (tertiary alicyclic amines) is 1. The van der Waals surface area contributed by atoms with Crippen LogP contribution in [0.15, 0.2) is 47.4 Å². The zero-order valence-corrected chi connectivity index (χ0v) is 14.8. The van der Waals surface area contributed by atoms with E-state index in [-0.39, 0.29) is 10.6 Å². The molecule has 5 nitrogen and oxygen atoms in total. The lowest BCUT2D eigenvalue weighted by atomic mass is 10.0. The van der Waals surface area contributed by atoms with Gasteiger partial charge in [0.05, 0.1) is 5.02 Å². The summed E-state index contributed by atoms with van der Waals surface area (Å²) in [6, 6.07) is 6.19. The molecule has 7 heteroatoms. The number of carbonyl (C=O) groups is 2. The fraction of sp³-hybridized carbons (Fsp3) is 0.316. The van der Waals surface area contributed by atoms with Crippen molar-refractivity contribution in [2.24, 2.45) is 0 Å². The Morgan fingerprint density at radius 3 is 2.31 bits per heavy atom. The lowest BCUT2D eigenvalue weighted by molar-refractivity contribution is -0.134. The van der Waals surface area contributed by atoms with Crippen LogP contribution in [0.3, 0.4) is 0 Å². The molecule has 1 amide bonds. The van der Waals surface area contributed by atoms with E-state index in [9.17, 15) is 18.8 Å². The van der Waals surface area contributed by atoms with Crippen molar-refractivity contribution >= 4 is 23.3 Å². The Balaban J connectivity index is 2.04. The Bertz CT molecular complexity index is 873. The number of benzene rings is 1. The average molecular weight is 377 g/mol. The molecule has 1 fully saturated rings. The third-order valence-electron chi connectivity index (χ3n) is 4.46. The Kier molecular flexibility index (Phi) is 5.52. The zero-order chi connectivity index (χ0) is 18.7. The molecule has 0 N–H and O–H groups in total. The second-order valence-corrected chi connectivity index (χ2v) is 6.69. The maximum Gasteiger partial charge on any atom is 0.253 e. The highest BCUT2D eigenvalue weighted by Gasteiger charge is 2.34. The fourth-order valence-electron chi connectivity index (χ4n) is 3.09. The zero-order valence-electron chi connectivity index (χ0n) is 14.0. The van der Waals surface area contributed by atoms with E-state index >= 15 is 0 Å². The first kappa shape index (κ1) is 18.3. The molecule has 1 aromatic carbocycles. The SMILES string of the molecule is O=C(c1ccc(F)cc1)[C@H](C(=O)N1CCCCC1)n1cc(Cl)ccc1=O. The van der Waals surface area contributed by atoms with Gasteiger partial charge in [-0.25, -0.2) is 4.39 Å². The van der Waals surface area contributed by atoms with Gasteiger partial charge in [-0.15, -0.1) is 0 Å². The number of Topliss-reactive ketones (excluding diaryl/α,β-unsaturated/α-hetero) is 1. The van der Waals surface area contributed by atoms with Crippen molar-refractivity contribution in [2.45, 2.75) is 25.3 Å². The molecule has 2 heterocycles. The molecule has 26 heavy (non-hydrogen) atoms. The summed E-state index contributed by atoms with van der Waals surface area (Å²) in [6.45, 7) is 1.09. The summed E-state index contributed by atoms with van der Waals surface area (Å²) >= 11 is 5.98. The van der Waals surface area contributed by atoms with Crippen LogP contribution in [0.1, 0.15) is 35.7 Å². The Morgan fingerprint density at radius 1 is 1.00 bits per heavy atom. The Labute approximate surface area is 155 Å². The molecule has 3 rings (SSSR count). The van der Waals surface area contributed by atoms with Gasteiger partial charge in [0.1, 0.15) is 5.82 Å². The molecule has 1 atom stereocenters. The van der Waals surface area contributed by atoms with Crippen LogP contribution in [0.25, 0.3) is 0 Å². The number of carbonyl (C=O) groups excluding carboxylic acids is 2. The highest BCUT2D eigenvalue weighted by atomic mass is 35.5. The van der Waals surface area contributed by atoms with Crippen molar-refractivity contribution in [3.63, 3.8) is 0 Å². The smallest absolute Gasteiger partial charge is 0.253 e. The molecule has 1 aliphatic rings. The summed E-state index contributed by atoms with van der Waals surface area (Å²) in [7, 11) is 0. The van der Waals surface area contributed by atoms with Crippen LogP contribution in [0.5, 0.6) is 0 Å². The number of hydrogen-bond donors (Lipinski definition) is 0. The predicted molar refractivity (Wildman–Crippen MR) is 95.9 cm³/mol. The molecule has 1 aromatic heterocycles. The number of piperidine rings is 1. The van der Waals surface area contributed by atoms with E-state index in [0.717, 1.165) is 36.0 Å². The summed E-state index contributed by atoms with van der Waals surface area (Å²) < 4.78 is 14.2. The maximum atomic E-state index is 13.2. The Morgan fingerprint density at radius 2 is 1.65 bits per heavy atom. The van der Waals surface area contributed by atoms with Crippen LogP contribution in [0.2, 0.25) is 5.02 Å². The van der Waals surface area contributed by atoms with E-state index < -0.39 is 29.1 Å². The summed E-state index contributed by atoms with van der Waals surface area (Å²) in [5.74, 6) is -1.49.